The number of aliphatic hydroxyl groups is 1. The first-order valence-electron chi connectivity index (χ1n) is 7.49. The van der Waals surface area contributed by atoms with Gasteiger partial charge in [-0.15, -0.1) is 0 Å². The van der Waals surface area contributed by atoms with E-state index in [2.05, 4.69) is 27.3 Å². The van der Waals surface area contributed by atoms with E-state index in [1.807, 2.05) is 36.4 Å². The number of nitrogens with one attached hydrogen (secondary N) is 1. The summed E-state index contributed by atoms with van der Waals surface area (Å²) in [5.74, 6) is 1.62. The summed E-state index contributed by atoms with van der Waals surface area (Å²) in [6.07, 6.45) is 0.347. The Bertz CT molecular complexity index is 616. The SMILES string of the molecule is COc1ccc(C(O)CNCCc2ccc(Br)c(OC)c2)cc1. The van der Waals surface area contributed by atoms with E-state index in [0.29, 0.717) is 6.54 Å². The standard InChI is InChI=1S/C18H22BrNO3/c1-22-15-6-4-14(5-7-15)17(21)12-20-10-9-13-3-8-16(19)18(11-13)23-2/h3-8,11,17,20-21H,9-10,12H2,1-2H3. The fourth-order valence-corrected chi connectivity index (χ4v) is 2.68. The third-order valence-corrected chi connectivity index (χ3v) is 4.30. The summed E-state index contributed by atoms with van der Waals surface area (Å²) in [5, 5.41) is 13.4. The molecule has 0 saturated carbocycles. The Morgan fingerprint density at radius 3 is 2.48 bits per heavy atom. The van der Waals surface area contributed by atoms with Gasteiger partial charge < -0.3 is 19.9 Å². The molecule has 2 rings (SSSR count). The monoisotopic (exact) mass is 379 g/mol. The quantitative estimate of drug-likeness (QED) is 0.690. The Morgan fingerprint density at radius 2 is 1.83 bits per heavy atom. The van der Waals surface area contributed by atoms with Gasteiger partial charge >= 0.3 is 0 Å². The third kappa shape index (κ3) is 5.23. The van der Waals surface area contributed by atoms with E-state index in [1.54, 1.807) is 14.2 Å². The van der Waals surface area contributed by atoms with Gasteiger partial charge in [0.1, 0.15) is 11.5 Å². The van der Waals surface area contributed by atoms with Crippen LogP contribution in [0.15, 0.2) is 46.9 Å². The third-order valence-electron chi connectivity index (χ3n) is 3.64. The Hall–Kier alpha value is -1.56. The highest BCUT2D eigenvalue weighted by atomic mass is 79.9. The molecule has 0 heterocycles. The van der Waals surface area contributed by atoms with Crippen molar-refractivity contribution >= 4 is 15.9 Å². The maximum Gasteiger partial charge on any atom is 0.133 e. The predicted molar refractivity (Wildman–Crippen MR) is 95.2 cm³/mol. The van der Waals surface area contributed by atoms with E-state index < -0.39 is 6.10 Å². The highest BCUT2D eigenvalue weighted by Gasteiger charge is 2.07. The zero-order valence-corrected chi connectivity index (χ0v) is 15.0. The van der Waals surface area contributed by atoms with Gasteiger partial charge in [-0.1, -0.05) is 18.2 Å². The molecule has 0 spiro atoms. The lowest BCUT2D eigenvalue weighted by Gasteiger charge is -2.13. The van der Waals surface area contributed by atoms with Crippen molar-refractivity contribution in [3.63, 3.8) is 0 Å². The van der Waals surface area contributed by atoms with Crippen LogP contribution in [-0.4, -0.2) is 32.4 Å². The van der Waals surface area contributed by atoms with Crippen LogP contribution in [0.25, 0.3) is 0 Å². The maximum absolute atomic E-state index is 10.2. The van der Waals surface area contributed by atoms with Gasteiger partial charge in [-0.25, -0.2) is 0 Å². The largest absolute Gasteiger partial charge is 0.497 e. The number of ether oxygens (including phenoxy) is 2. The van der Waals surface area contributed by atoms with Crippen molar-refractivity contribution in [3.8, 4) is 11.5 Å². The summed E-state index contributed by atoms with van der Waals surface area (Å²) in [6.45, 7) is 1.30. The van der Waals surface area contributed by atoms with E-state index >= 15 is 0 Å². The molecule has 5 heteroatoms. The first kappa shape index (κ1) is 17.8. The lowest BCUT2D eigenvalue weighted by molar-refractivity contribution is 0.175. The molecule has 0 saturated heterocycles. The first-order valence-corrected chi connectivity index (χ1v) is 8.28. The molecule has 2 aromatic rings. The zero-order valence-electron chi connectivity index (χ0n) is 13.4. The fraction of sp³-hybridized carbons (Fsp3) is 0.333. The smallest absolute Gasteiger partial charge is 0.133 e. The molecule has 23 heavy (non-hydrogen) atoms. The second kappa shape index (κ2) is 8.91. The number of benzene rings is 2. The molecule has 0 amide bonds. The summed E-state index contributed by atoms with van der Waals surface area (Å²) in [6, 6.07) is 13.5. The second-order valence-corrected chi connectivity index (χ2v) is 6.07. The van der Waals surface area contributed by atoms with Crippen molar-refractivity contribution in [1.82, 2.24) is 5.32 Å². The van der Waals surface area contributed by atoms with E-state index in [1.165, 1.54) is 5.56 Å². The Morgan fingerprint density at radius 1 is 1.09 bits per heavy atom. The van der Waals surface area contributed by atoms with Gasteiger partial charge in [0.2, 0.25) is 0 Å². The lowest BCUT2D eigenvalue weighted by Crippen LogP contribution is -2.23. The average Bonchev–Trinajstić information content (AvgIpc) is 2.59. The van der Waals surface area contributed by atoms with Crippen LogP contribution in [0.5, 0.6) is 11.5 Å². The van der Waals surface area contributed by atoms with Crippen LogP contribution >= 0.6 is 15.9 Å². The molecule has 0 fully saturated rings. The van der Waals surface area contributed by atoms with E-state index in [4.69, 9.17) is 9.47 Å². The minimum absolute atomic E-state index is 0.514. The van der Waals surface area contributed by atoms with E-state index in [0.717, 1.165) is 34.5 Å². The molecule has 0 aliphatic rings. The van der Waals surface area contributed by atoms with Crippen LogP contribution in [0, 0.1) is 0 Å². The van der Waals surface area contributed by atoms with Crippen LogP contribution in [0.4, 0.5) is 0 Å². The fourth-order valence-electron chi connectivity index (χ4n) is 2.28. The number of hydrogen-bond acceptors (Lipinski definition) is 4. The van der Waals surface area contributed by atoms with Crippen LogP contribution in [0.1, 0.15) is 17.2 Å². The van der Waals surface area contributed by atoms with Crippen LogP contribution in [0.3, 0.4) is 0 Å². The minimum Gasteiger partial charge on any atom is -0.497 e. The summed E-state index contributed by atoms with van der Waals surface area (Å²) in [7, 11) is 3.29. The number of hydrogen-bond donors (Lipinski definition) is 2. The van der Waals surface area contributed by atoms with E-state index in [-0.39, 0.29) is 0 Å². The molecule has 2 aromatic carbocycles. The van der Waals surface area contributed by atoms with Crippen LogP contribution in [0.2, 0.25) is 0 Å². The summed E-state index contributed by atoms with van der Waals surface area (Å²) >= 11 is 3.44. The normalized spacial score (nSPS) is 12.0. The van der Waals surface area contributed by atoms with Crippen molar-refractivity contribution in [2.75, 3.05) is 27.3 Å². The molecular weight excluding hydrogens is 358 g/mol. The van der Waals surface area contributed by atoms with Gasteiger partial charge in [-0.2, -0.15) is 0 Å². The van der Waals surface area contributed by atoms with Crippen molar-refractivity contribution < 1.29 is 14.6 Å². The first-order chi connectivity index (χ1) is 11.1. The van der Waals surface area contributed by atoms with Crippen molar-refractivity contribution in [3.05, 3.63) is 58.1 Å². The molecule has 0 radical (unpaired) electrons. The van der Waals surface area contributed by atoms with Gasteiger partial charge in [-0.3, -0.25) is 0 Å². The summed E-state index contributed by atoms with van der Waals surface area (Å²) < 4.78 is 11.4. The molecule has 1 unspecified atom stereocenters. The number of aliphatic hydroxyl groups excluding tert-OH is 1. The molecule has 0 aliphatic heterocycles. The summed E-state index contributed by atoms with van der Waals surface area (Å²) in [4.78, 5) is 0. The molecule has 0 aromatic heterocycles. The number of rotatable bonds is 8. The van der Waals surface area contributed by atoms with Gasteiger partial charge in [0.25, 0.3) is 0 Å². The summed E-state index contributed by atoms with van der Waals surface area (Å²) in [5.41, 5.74) is 2.07. The van der Waals surface area contributed by atoms with Crippen molar-refractivity contribution in [1.29, 1.82) is 0 Å². The molecule has 4 nitrogen and oxygen atoms in total. The maximum atomic E-state index is 10.2. The lowest BCUT2D eigenvalue weighted by atomic mass is 10.1. The predicted octanol–water partition coefficient (Wildman–Crippen LogP) is 3.33. The van der Waals surface area contributed by atoms with E-state index in [9.17, 15) is 5.11 Å². The minimum atomic E-state index is -0.527. The number of methoxy groups -OCH3 is 2. The van der Waals surface area contributed by atoms with Gasteiger partial charge in [0.05, 0.1) is 24.8 Å². The molecular formula is C18H22BrNO3. The Balaban J connectivity index is 1.78. The molecule has 0 aliphatic carbocycles. The highest BCUT2D eigenvalue weighted by Crippen LogP contribution is 2.25. The van der Waals surface area contributed by atoms with Gasteiger partial charge in [0.15, 0.2) is 0 Å². The van der Waals surface area contributed by atoms with Crippen molar-refractivity contribution in [2.45, 2.75) is 12.5 Å². The Labute approximate surface area is 145 Å². The van der Waals surface area contributed by atoms with Crippen LogP contribution < -0.4 is 14.8 Å². The van der Waals surface area contributed by atoms with Gasteiger partial charge in [-0.05, 0) is 64.3 Å². The highest BCUT2D eigenvalue weighted by molar-refractivity contribution is 9.10. The molecule has 2 N–H and O–H groups in total. The molecule has 1 atom stereocenters. The average molecular weight is 380 g/mol. The molecule has 124 valence electrons. The topological polar surface area (TPSA) is 50.7 Å². The van der Waals surface area contributed by atoms with Crippen LogP contribution in [-0.2, 0) is 6.42 Å². The molecule has 0 bridgehead atoms. The Kier molecular flexibility index (Phi) is 6.89. The van der Waals surface area contributed by atoms with Gasteiger partial charge in [0, 0.05) is 6.54 Å². The number of halogens is 1. The van der Waals surface area contributed by atoms with Crippen molar-refractivity contribution in [2.24, 2.45) is 0 Å². The second-order valence-electron chi connectivity index (χ2n) is 5.21. The zero-order chi connectivity index (χ0) is 16.7.